The Labute approximate surface area is 104 Å². The number of aryl methyl sites for hydroxylation is 1. The van der Waals surface area contributed by atoms with E-state index >= 15 is 0 Å². The van der Waals surface area contributed by atoms with Crippen molar-refractivity contribution in [1.29, 1.82) is 0 Å². The largest absolute Gasteiger partial charge is 0.419 e. The first-order valence-electron chi connectivity index (χ1n) is 6.02. The van der Waals surface area contributed by atoms with E-state index in [1.807, 2.05) is 6.07 Å². The third-order valence-electron chi connectivity index (χ3n) is 3.57. The van der Waals surface area contributed by atoms with E-state index in [1.165, 1.54) is 4.57 Å². The molecule has 1 fully saturated rings. The minimum absolute atomic E-state index is 0.123. The molecule has 0 bridgehead atoms. The topological polar surface area (TPSA) is 64.6 Å². The molecule has 1 aliphatic heterocycles. The van der Waals surface area contributed by atoms with Crippen molar-refractivity contribution in [3.8, 4) is 0 Å². The molecule has 2 unspecified atom stereocenters. The van der Waals surface area contributed by atoms with Crippen LogP contribution in [0.15, 0.2) is 27.4 Å². The highest BCUT2D eigenvalue weighted by atomic mass is 16.5. The van der Waals surface area contributed by atoms with Crippen LogP contribution in [0, 0.1) is 5.92 Å². The van der Waals surface area contributed by atoms with Gasteiger partial charge >= 0.3 is 5.76 Å². The van der Waals surface area contributed by atoms with Gasteiger partial charge in [0.15, 0.2) is 5.58 Å². The number of nitrogens with zero attached hydrogens (tertiary/aromatic N) is 1. The molecule has 5 heteroatoms. The van der Waals surface area contributed by atoms with E-state index in [2.05, 4.69) is 0 Å². The Morgan fingerprint density at radius 3 is 3.06 bits per heavy atom. The van der Waals surface area contributed by atoms with Crippen LogP contribution >= 0.6 is 0 Å². The van der Waals surface area contributed by atoms with Gasteiger partial charge in [0, 0.05) is 19.6 Å². The Morgan fingerprint density at radius 1 is 1.50 bits per heavy atom. The summed E-state index contributed by atoms with van der Waals surface area (Å²) in [7, 11) is 1.66. The molecule has 2 heterocycles. The van der Waals surface area contributed by atoms with Crippen LogP contribution in [0.25, 0.3) is 11.1 Å². The summed E-state index contributed by atoms with van der Waals surface area (Å²) in [6, 6.07) is 5.37. The van der Waals surface area contributed by atoms with Crippen LogP contribution in [0.3, 0.4) is 0 Å². The number of benzene rings is 1. The van der Waals surface area contributed by atoms with Gasteiger partial charge in [-0.15, -0.1) is 0 Å². The second kappa shape index (κ2) is 4.26. The third-order valence-corrected chi connectivity index (χ3v) is 3.57. The van der Waals surface area contributed by atoms with Crippen molar-refractivity contribution in [3.63, 3.8) is 0 Å². The highest BCUT2D eigenvalue weighted by Crippen LogP contribution is 2.30. The maximum Gasteiger partial charge on any atom is 0.419 e. The van der Waals surface area contributed by atoms with E-state index in [4.69, 9.17) is 9.15 Å². The Bertz CT molecular complexity index is 621. The smallest absolute Gasteiger partial charge is 0.408 e. The number of oxazole rings is 1. The second-order valence-electron chi connectivity index (χ2n) is 4.72. The van der Waals surface area contributed by atoms with Crippen LogP contribution in [0.1, 0.15) is 18.1 Å². The van der Waals surface area contributed by atoms with Gasteiger partial charge in [0.1, 0.15) is 0 Å². The number of aliphatic hydroxyl groups is 1. The number of aromatic nitrogens is 1. The van der Waals surface area contributed by atoms with Crippen molar-refractivity contribution in [2.75, 3.05) is 13.2 Å². The third kappa shape index (κ3) is 1.76. The van der Waals surface area contributed by atoms with E-state index < -0.39 is 6.10 Å². The van der Waals surface area contributed by atoms with Crippen molar-refractivity contribution in [2.24, 2.45) is 13.0 Å². The number of fused-ring (bicyclic) bond motifs is 1. The maximum atomic E-state index is 11.4. The molecular formula is C13H15NO4. The van der Waals surface area contributed by atoms with Crippen LogP contribution in [-0.2, 0) is 11.8 Å². The highest BCUT2D eigenvalue weighted by molar-refractivity contribution is 5.73. The molecular weight excluding hydrogens is 234 g/mol. The van der Waals surface area contributed by atoms with Gasteiger partial charge in [-0.25, -0.2) is 4.79 Å². The molecule has 2 atom stereocenters. The summed E-state index contributed by atoms with van der Waals surface area (Å²) >= 11 is 0. The summed E-state index contributed by atoms with van der Waals surface area (Å²) in [6.07, 6.45) is 0.292. The lowest BCUT2D eigenvalue weighted by molar-refractivity contribution is 0.0918. The molecule has 0 saturated carbocycles. The van der Waals surface area contributed by atoms with E-state index in [1.54, 1.807) is 19.2 Å². The Kier molecular flexibility index (Phi) is 2.72. The first-order valence-corrected chi connectivity index (χ1v) is 6.02. The highest BCUT2D eigenvalue weighted by Gasteiger charge is 2.25. The van der Waals surface area contributed by atoms with E-state index in [9.17, 15) is 9.90 Å². The van der Waals surface area contributed by atoms with Gasteiger partial charge in [-0.1, -0.05) is 6.07 Å². The normalized spacial score (nSPS) is 21.6. The number of aliphatic hydroxyl groups excluding tert-OH is 1. The lowest BCUT2D eigenvalue weighted by atomic mass is 9.95. The number of hydrogen-bond acceptors (Lipinski definition) is 4. The molecule has 0 amide bonds. The molecule has 0 aliphatic carbocycles. The van der Waals surface area contributed by atoms with Crippen LogP contribution < -0.4 is 5.76 Å². The standard InChI is InChI=1S/C13H15NO4/c1-14-10-3-2-8(6-11(10)18-13(14)16)12(15)9-4-5-17-7-9/h2-3,6,9,12,15H,4-5,7H2,1H3. The number of rotatable bonds is 2. The SMILES string of the molecule is Cn1c(=O)oc2cc(C(O)C3CCOC3)ccc21. The molecule has 1 aliphatic rings. The fourth-order valence-corrected chi connectivity index (χ4v) is 2.41. The van der Waals surface area contributed by atoms with Gasteiger partial charge in [-0.3, -0.25) is 4.57 Å². The van der Waals surface area contributed by atoms with Crippen molar-refractivity contribution in [2.45, 2.75) is 12.5 Å². The number of ether oxygens (including phenoxy) is 1. The Hall–Kier alpha value is -1.59. The molecule has 0 spiro atoms. The van der Waals surface area contributed by atoms with Crippen LogP contribution in [0.2, 0.25) is 0 Å². The molecule has 3 rings (SSSR count). The van der Waals surface area contributed by atoms with Crippen molar-refractivity contribution < 1.29 is 14.3 Å². The molecule has 1 saturated heterocycles. The quantitative estimate of drug-likeness (QED) is 0.868. The Morgan fingerprint density at radius 2 is 2.33 bits per heavy atom. The minimum atomic E-state index is -0.567. The summed E-state index contributed by atoms with van der Waals surface area (Å²) in [5.41, 5.74) is 2.02. The van der Waals surface area contributed by atoms with Gasteiger partial charge in [0.2, 0.25) is 0 Å². The zero-order valence-corrected chi connectivity index (χ0v) is 10.1. The molecule has 18 heavy (non-hydrogen) atoms. The van der Waals surface area contributed by atoms with Gasteiger partial charge in [-0.05, 0) is 24.1 Å². The van der Waals surface area contributed by atoms with Crippen LogP contribution in [0.5, 0.6) is 0 Å². The fourth-order valence-electron chi connectivity index (χ4n) is 2.41. The molecule has 96 valence electrons. The van der Waals surface area contributed by atoms with Gasteiger partial charge in [0.25, 0.3) is 0 Å². The van der Waals surface area contributed by atoms with E-state index in [0.29, 0.717) is 18.8 Å². The summed E-state index contributed by atoms with van der Waals surface area (Å²) in [5.74, 6) is -0.265. The molecule has 1 aromatic heterocycles. The first kappa shape index (κ1) is 11.5. The van der Waals surface area contributed by atoms with Gasteiger partial charge < -0.3 is 14.3 Å². The summed E-state index contributed by atoms with van der Waals surface area (Å²) in [5, 5.41) is 10.2. The predicted molar refractivity (Wildman–Crippen MR) is 65.3 cm³/mol. The summed E-state index contributed by atoms with van der Waals surface area (Å²) in [4.78, 5) is 11.4. The second-order valence-corrected chi connectivity index (χ2v) is 4.72. The molecule has 1 aromatic carbocycles. The molecule has 2 aromatic rings. The average Bonchev–Trinajstić information content (AvgIpc) is 2.98. The molecule has 0 radical (unpaired) electrons. The van der Waals surface area contributed by atoms with Crippen molar-refractivity contribution in [1.82, 2.24) is 4.57 Å². The first-order chi connectivity index (χ1) is 8.66. The van der Waals surface area contributed by atoms with Crippen molar-refractivity contribution >= 4 is 11.1 Å². The summed E-state index contributed by atoms with van der Waals surface area (Å²) in [6.45, 7) is 1.28. The zero-order valence-electron chi connectivity index (χ0n) is 10.1. The number of hydrogen-bond donors (Lipinski definition) is 1. The minimum Gasteiger partial charge on any atom is -0.408 e. The lowest BCUT2D eigenvalue weighted by Gasteiger charge is -2.16. The zero-order chi connectivity index (χ0) is 12.7. The molecule has 1 N–H and O–H groups in total. The average molecular weight is 249 g/mol. The van der Waals surface area contributed by atoms with Gasteiger partial charge in [0.05, 0.1) is 18.2 Å². The lowest BCUT2D eigenvalue weighted by Crippen LogP contribution is -2.12. The van der Waals surface area contributed by atoms with Crippen molar-refractivity contribution in [3.05, 3.63) is 34.3 Å². The molecule has 5 nitrogen and oxygen atoms in total. The van der Waals surface area contributed by atoms with Crippen LogP contribution in [0.4, 0.5) is 0 Å². The monoisotopic (exact) mass is 249 g/mol. The summed E-state index contributed by atoms with van der Waals surface area (Å²) < 4.78 is 11.8. The maximum absolute atomic E-state index is 11.4. The Balaban J connectivity index is 2.00. The van der Waals surface area contributed by atoms with E-state index in [-0.39, 0.29) is 11.7 Å². The predicted octanol–water partition coefficient (Wildman–Crippen LogP) is 1.20. The van der Waals surface area contributed by atoms with Crippen LogP contribution in [-0.4, -0.2) is 22.9 Å². The van der Waals surface area contributed by atoms with E-state index in [0.717, 1.165) is 17.5 Å². The fraction of sp³-hybridized carbons (Fsp3) is 0.462. The van der Waals surface area contributed by atoms with Gasteiger partial charge in [-0.2, -0.15) is 0 Å².